The molecule has 0 bridgehead atoms. The van der Waals surface area contributed by atoms with Crippen LogP contribution in [0.3, 0.4) is 0 Å². The van der Waals surface area contributed by atoms with Crippen LogP contribution in [-0.2, 0) is 4.79 Å². The van der Waals surface area contributed by atoms with Crippen molar-refractivity contribution >= 4 is 18.3 Å². The summed E-state index contributed by atoms with van der Waals surface area (Å²) in [5, 5.41) is 3.41. The maximum atomic E-state index is 12.7. The van der Waals surface area contributed by atoms with Crippen LogP contribution in [0.25, 0.3) is 0 Å². The van der Waals surface area contributed by atoms with Gasteiger partial charge in [-0.25, -0.2) is 0 Å². The smallest absolute Gasteiger partial charge is 0.225 e. The van der Waals surface area contributed by atoms with Crippen molar-refractivity contribution < 1.29 is 4.79 Å². The molecular formula is C17H32ClN3O. The Kier molecular flexibility index (Phi) is 6.97. The van der Waals surface area contributed by atoms with Crippen molar-refractivity contribution in [3.63, 3.8) is 0 Å². The van der Waals surface area contributed by atoms with Crippen LogP contribution in [0.5, 0.6) is 0 Å². The van der Waals surface area contributed by atoms with E-state index in [-0.39, 0.29) is 18.3 Å². The van der Waals surface area contributed by atoms with Crippen molar-refractivity contribution in [3.05, 3.63) is 0 Å². The number of carbonyl (C=O) groups is 1. The highest BCUT2D eigenvalue weighted by Gasteiger charge is 2.33. The molecule has 2 atom stereocenters. The Balaban J connectivity index is 0.00000176. The molecule has 1 N–H and O–H groups in total. The molecule has 128 valence electrons. The van der Waals surface area contributed by atoms with E-state index in [9.17, 15) is 4.79 Å². The van der Waals surface area contributed by atoms with Crippen molar-refractivity contribution in [3.8, 4) is 0 Å². The quantitative estimate of drug-likeness (QED) is 0.858. The molecule has 22 heavy (non-hydrogen) atoms. The molecule has 2 saturated heterocycles. The van der Waals surface area contributed by atoms with Gasteiger partial charge < -0.3 is 10.2 Å². The minimum atomic E-state index is 0. The lowest BCUT2D eigenvalue weighted by molar-refractivity contribution is -0.134. The van der Waals surface area contributed by atoms with Gasteiger partial charge in [-0.2, -0.15) is 0 Å². The van der Waals surface area contributed by atoms with E-state index in [1.165, 1.54) is 32.1 Å². The van der Waals surface area contributed by atoms with Gasteiger partial charge in [0.1, 0.15) is 0 Å². The van der Waals surface area contributed by atoms with Gasteiger partial charge in [0.15, 0.2) is 0 Å². The number of piperazine rings is 1. The number of nitrogens with one attached hydrogen (secondary N) is 1. The van der Waals surface area contributed by atoms with Crippen molar-refractivity contribution in [1.29, 1.82) is 0 Å². The highest BCUT2D eigenvalue weighted by Crippen LogP contribution is 2.31. The number of hydrogen-bond acceptors (Lipinski definition) is 3. The normalized spacial score (nSPS) is 28.6. The Hall–Kier alpha value is -0.320. The van der Waals surface area contributed by atoms with Crippen LogP contribution in [0, 0.1) is 11.8 Å². The summed E-state index contributed by atoms with van der Waals surface area (Å²) in [4.78, 5) is 17.4. The second-order valence-corrected chi connectivity index (χ2v) is 7.30. The molecule has 0 aromatic carbocycles. The third kappa shape index (κ3) is 4.36. The van der Waals surface area contributed by atoms with Crippen LogP contribution >= 0.6 is 12.4 Å². The fourth-order valence-corrected chi connectivity index (χ4v) is 4.45. The van der Waals surface area contributed by atoms with E-state index in [0.29, 0.717) is 11.9 Å². The van der Waals surface area contributed by atoms with Crippen LogP contribution in [0.1, 0.15) is 45.4 Å². The van der Waals surface area contributed by atoms with Gasteiger partial charge in [-0.3, -0.25) is 9.69 Å². The highest BCUT2D eigenvalue weighted by atomic mass is 35.5. The molecule has 2 aliphatic heterocycles. The van der Waals surface area contributed by atoms with Crippen LogP contribution in [0.4, 0.5) is 0 Å². The number of nitrogens with zero attached hydrogens (tertiary/aromatic N) is 2. The molecule has 3 fully saturated rings. The maximum Gasteiger partial charge on any atom is 0.225 e. The minimum absolute atomic E-state index is 0. The average molecular weight is 330 g/mol. The summed E-state index contributed by atoms with van der Waals surface area (Å²) in [6.07, 6.45) is 7.73. The van der Waals surface area contributed by atoms with E-state index in [0.717, 1.165) is 51.6 Å². The number of halogens is 1. The van der Waals surface area contributed by atoms with Crippen LogP contribution in [-0.4, -0.2) is 61.0 Å². The third-order valence-corrected chi connectivity index (χ3v) is 5.73. The van der Waals surface area contributed by atoms with Crippen LogP contribution in [0.15, 0.2) is 0 Å². The van der Waals surface area contributed by atoms with E-state index in [1.807, 2.05) is 0 Å². The van der Waals surface area contributed by atoms with Crippen molar-refractivity contribution in [1.82, 2.24) is 15.1 Å². The summed E-state index contributed by atoms with van der Waals surface area (Å²) < 4.78 is 0. The van der Waals surface area contributed by atoms with E-state index in [4.69, 9.17) is 0 Å². The van der Waals surface area contributed by atoms with Crippen LogP contribution < -0.4 is 5.32 Å². The molecule has 1 saturated carbocycles. The molecule has 1 aliphatic carbocycles. The van der Waals surface area contributed by atoms with E-state index in [1.54, 1.807) is 0 Å². The van der Waals surface area contributed by atoms with Gasteiger partial charge in [0.05, 0.1) is 0 Å². The molecule has 0 aromatic heterocycles. The molecule has 1 amide bonds. The SMILES string of the molecule is CC(CC1CCCC1)C(=O)N1CCC(N2CCNCC2)C1.Cl. The monoisotopic (exact) mass is 329 g/mol. The fraction of sp³-hybridized carbons (Fsp3) is 0.941. The minimum Gasteiger partial charge on any atom is -0.341 e. The lowest BCUT2D eigenvalue weighted by atomic mass is 9.93. The second-order valence-electron chi connectivity index (χ2n) is 7.30. The molecule has 0 spiro atoms. The number of rotatable bonds is 4. The van der Waals surface area contributed by atoms with Crippen molar-refractivity contribution in [2.75, 3.05) is 39.3 Å². The third-order valence-electron chi connectivity index (χ3n) is 5.73. The number of carbonyl (C=O) groups excluding carboxylic acids is 1. The first kappa shape index (κ1) is 18.0. The number of likely N-dealkylation sites (tertiary alicyclic amines) is 1. The summed E-state index contributed by atoms with van der Waals surface area (Å²) >= 11 is 0. The first-order valence-electron chi connectivity index (χ1n) is 8.97. The lowest BCUT2D eigenvalue weighted by Crippen LogP contribution is -2.49. The van der Waals surface area contributed by atoms with Gasteiger partial charge in [-0.1, -0.05) is 32.6 Å². The van der Waals surface area contributed by atoms with Gasteiger partial charge in [-0.15, -0.1) is 12.4 Å². The summed E-state index contributed by atoms with van der Waals surface area (Å²) in [7, 11) is 0. The van der Waals surface area contributed by atoms with Gasteiger partial charge in [0, 0.05) is 51.2 Å². The zero-order valence-corrected chi connectivity index (χ0v) is 14.7. The summed E-state index contributed by atoms with van der Waals surface area (Å²) in [6, 6.07) is 0.606. The molecule has 3 rings (SSSR count). The first-order chi connectivity index (χ1) is 10.2. The Morgan fingerprint density at radius 2 is 1.82 bits per heavy atom. The van der Waals surface area contributed by atoms with Gasteiger partial charge in [-0.05, 0) is 18.8 Å². The summed E-state index contributed by atoms with van der Waals surface area (Å²) in [6.45, 7) is 8.58. The number of amides is 1. The molecule has 2 unspecified atom stereocenters. The van der Waals surface area contributed by atoms with Crippen LogP contribution in [0.2, 0.25) is 0 Å². The van der Waals surface area contributed by atoms with E-state index in [2.05, 4.69) is 22.0 Å². The topological polar surface area (TPSA) is 35.6 Å². The van der Waals surface area contributed by atoms with Gasteiger partial charge in [0.25, 0.3) is 0 Å². The van der Waals surface area contributed by atoms with E-state index >= 15 is 0 Å². The molecule has 0 radical (unpaired) electrons. The molecule has 4 nitrogen and oxygen atoms in total. The Morgan fingerprint density at radius 3 is 2.50 bits per heavy atom. The average Bonchev–Trinajstić information content (AvgIpc) is 3.18. The van der Waals surface area contributed by atoms with Crippen molar-refractivity contribution in [2.24, 2.45) is 11.8 Å². The second kappa shape index (κ2) is 8.51. The Morgan fingerprint density at radius 1 is 1.14 bits per heavy atom. The zero-order valence-electron chi connectivity index (χ0n) is 13.9. The fourth-order valence-electron chi connectivity index (χ4n) is 4.45. The molecular weight excluding hydrogens is 298 g/mol. The predicted octanol–water partition coefficient (Wildman–Crippen LogP) is 2.13. The molecule has 5 heteroatoms. The molecule has 3 aliphatic rings. The standard InChI is InChI=1S/C17H31N3O.ClH/c1-14(12-15-4-2-3-5-15)17(21)20-9-6-16(13-20)19-10-7-18-8-11-19;/h14-16,18H,2-13H2,1H3;1H. The lowest BCUT2D eigenvalue weighted by Gasteiger charge is -2.32. The maximum absolute atomic E-state index is 12.7. The molecule has 0 aromatic rings. The zero-order chi connectivity index (χ0) is 14.7. The summed E-state index contributed by atoms with van der Waals surface area (Å²) in [5.74, 6) is 1.46. The summed E-state index contributed by atoms with van der Waals surface area (Å²) in [5.41, 5.74) is 0. The van der Waals surface area contributed by atoms with Gasteiger partial charge >= 0.3 is 0 Å². The molecule has 2 heterocycles. The largest absolute Gasteiger partial charge is 0.341 e. The van der Waals surface area contributed by atoms with E-state index < -0.39 is 0 Å². The Bertz CT molecular complexity index is 354. The number of hydrogen-bond donors (Lipinski definition) is 1. The van der Waals surface area contributed by atoms with Gasteiger partial charge in [0.2, 0.25) is 5.91 Å². The predicted molar refractivity (Wildman–Crippen MR) is 92.4 cm³/mol. The van der Waals surface area contributed by atoms with Crippen molar-refractivity contribution in [2.45, 2.75) is 51.5 Å². The Labute approximate surface area is 141 Å². The first-order valence-corrected chi connectivity index (χ1v) is 8.97. The highest BCUT2D eigenvalue weighted by molar-refractivity contribution is 5.85.